The van der Waals surface area contributed by atoms with E-state index in [0.29, 0.717) is 0 Å². The van der Waals surface area contributed by atoms with E-state index in [1.807, 2.05) is 13.8 Å². The van der Waals surface area contributed by atoms with Crippen LogP contribution in [-0.4, -0.2) is 87.2 Å². The lowest BCUT2D eigenvalue weighted by atomic mass is 10.3. The maximum absolute atomic E-state index is 11.5. The molecule has 174 valence electrons. The van der Waals surface area contributed by atoms with E-state index in [2.05, 4.69) is 13.2 Å². The summed E-state index contributed by atoms with van der Waals surface area (Å²) in [6.45, 7) is 14.9. The molecule has 0 radical (unpaired) electrons. The molecule has 1 N–H and O–H groups in total. The Labute approximate surface area is 178 Å². The molecule has 5 atom stereocenters. The standard InChI is InChI=1S/C21H36O9/c1-7-20(23)29-18(6)12-28-17(5)11-26-14-19(30-21(24)8-2)13-25-10-16(4)27-9-15(3)22/h7-8,15-19,22H,1-2,9-14H2,3-6H3. The average molecular weight is 433 g/mol. The zero-order valence-corrected chi connectivity index (χ0v) is 18.4. The van der Waals surface area contributed by atoms with Crippen molar-refractivity contribution in [2.24, 2.45) is 0 Å². The minimum Gasteiger partial charge on any atom is -0.457 e. The summed E-state index contributed by atoms with van der Waals surface area (Å²) in [6.07, 6.45) is 0.0880. The second-order valence-corrected chi connectivity index (χ2v) is 6.93. The van der Waals surface area contributed by atoms with Gasteiger partial charge < -0.3 is 33.5 Å². The van der Waals surface area contributed by atoms with Crippen molar-refractivity contribution in [3.63, 3.8) is 0 Å². The number of esters is 2. The van der Waals surface area contributed by atoms with Crippen LogP contribution in [-0.2, 0) is 38.0 Å². The van der Waals surface area contributed by atoms with Gasteiger partial charge in [-0.3, -0.25) is 0 Å². The van der Waals surface area contributed by atoms with E-state index in [9.17, 15) is 14.7 Å². The number of aliphatic hydroxyl groups excluding tert-OH is 1. The van der Waals surface area contributed by atoms with Crippen molar-refractivity contribution in [2.75, 3.05) is 39.6 Å². The third kappa shape index (κ3) is 16.1. The molecule has 0 rings (SSSR count). The Hall–Kier alpha value is -1.78. The molecule has 0 aliphatic carbocycles. The summed E-state index contributed by atoms with van der Waals surface area (Å²) >= 11 is 0. The topological polar surface area (TPSA) is 110 Å². The molecule has 0 saturated carbocycles. The van der Waals surface area contributed by atoms with Gasteiger partial charge in [0.05, 0.1) is 58.0 Å². The monoisotopic (exact) mass is 432 g/mol. The quantitative estimate of drug-likeness (QED) is 0.254. The van der Waals surface area contributed by atoms with Crippen LogP contribution in [0.15, 0.2) is 25.3 Å². The zero-order chi connectivity index (χ0) is 22.9. The molecule has 0 aliphatic rings. The number of aliphatic hydroxyl groups is 1. The molecule has 30 heavy (non-hydrogen) atoms. The number of rotatable bonds is 18. The Morgan fingerprint density at radius 3 is 1.67 bits per heavy atom. The first-order valence-electron chi connectivity index (χ1n) is 9.90. The van der Waals surface area contributed by atoms with Crippen molar-refractivity contribution in [3.8, 4) is 0 Å². The molecule has 9 nitrogen and oxygen atoms in total. The minimum absolute atomic E-state index is 0.108. The summed E-state index contributed by atoms with van der Waals surface area (Å²) in [5.74, 6) is -1.08. The first-order valence-corrected chi connectivity index (χ1v) is 9.90. The molecular weight excluding hydrogens is 396 g/mol. The van der Waals surface area contributed by atoms with Crippen LogP contribution in [0.2, 0.25) is 0 Å². The van der Waals surface area contributed by atoms with Crippen molar-refractivity contribution < 1.29 is 43.1 Å². The smallest absolute Gasteiger partial charge is 0.330 e. The van der Waals surface area contributed by atoms with E-state index in [1.54, 1.807) is 13.8 Å². The SMILES string of the molecule is C=CC(=O)OC(C)COC(C)COCC(COCC(C)OCC(C)O)OC(=O)C=C. The molecule has 0 bridgehead atoms. The predicted octanol–water partition coefficient (Wildman–Crippen LogP) is 1.43. The summed E-state index contributed by atoms with van der Waals surface area (Å²) in [7, 11) is 0. The van der Waals surface area contributed by atoms with Gasteiger partial charge in [-0.1, -0.05) is 13.2 Å². The molecular formula is C21H36O9. The van der Waals surface area contributed by atoms with E-state index < -0.39 is 30.3 Å². The van der Waals surface area contributed by atoms with Gasteiger partial charge in [-0.25, -0.2) is 9.59 Å². The molecule has 0 aromatic rings. The van der Waals surface area contributed by atoms with E-state index in [4.69, 9.17) is 28.4 Å². The summed E-state index contributed by atoms with van der Waals surface area (Å²) in [4.78, 5) is 22.6. The largest absolute Gasteiger partial charge is 0.457 e. The van der Waals surface area contributed by atoms with E-state index in [1.165, 1.54) is 0 Å². The summed E-state index contributed by atoms with van der Waals surface area (Å²) in [6, 6.07) is 0. The first kappa shape index (κ1) is 28.2. The summed E-state index contributed by atoms with van der Waals surface area (Å²) < 4.78 is 32.3. The molecule has 0 fully saturated rings. The highest BCUT2D eigenvalue weighted by atomic mass is 16.6. The Kier molecular flexibility index (Phi) is 16.0. The van der Waals surface area contributed by atoms with Gasteiger partial charge in [0.15, 0.2) is 0 Å². The van der Waals surface area contributed by atoms with Crippen molar-refractivity contribution in [1.82, 2.24) is 0 Å². The molecule has 0 heterocycles. The summed E-state index contributed by atoms with van der Waals surface area (Å²) in [5.41, 5.74) is 0. The maximum atomic E-state index is 11.5. The number of carbonyl (C=O) groups excluding carboxylic acids is 2. The van der Waals surface area contributed by atoms with Gasteiger partial charge in [-0.15, -0.1) is 0 Å². The van der Waals surface area contributed by atoms with Crippen LogP contribution in [0, 0.1) is 0 Å². The predicted molar refractivity (Wildman–Crippen MR) is 110 cm³/mol. The van der Waals surface area contributed by atoms with Gasteiger partial charge in [0.25, 0.3) is 0 Å². The highest BCUT2D eigenvalue weighted by molar-refractivity contribution is 5.81. The van der Waals surface area contributed by atoms with Crippen molar-refractivity contribution in [3.05, 3.63) is 25.3 Å². The van der Waals surface area contributed by atoms with Gasteiger partial charge in [-0.2, -0.15) is 0 Å². The Balaban J connectivity index is 4.23. The van der Waals surface area contributed by atoms with E-state index >= 15 is 0 Å². The van der Waals surface area contributed by atoms with Crippen molar-refractivity contribution >= 4 is 11.9 Å². The lowest BCUT2D eigenvalue weighted by Crippen LogP contribution is -2.32. The molecule has 0 aromatic carbocycles. The number of hydrogen-bond acceptors (Lipinski definition) is 9. The Morgan fingerprint density at radius 2 is 1.20 bits per heavy atom. The van der Waals surface area contributed by atoms with Crippen LogP contribution < -0.4 is 0 Å². The van der Waals surface area contributed by atoms with Gasteiger partial charge in [0.2, 0.25) is 0 Å². The van der Waals surface area contributed by atoms with Crippen molar-refractivity contribution in [1.29, 1.82) is 0 Å². The molecule has 0 spiro atoms. The second kappa shape index (κ2) is 17.0. The van der Waals surface area contributed by atoms with Gasteiger partial charge in [0.1, 0.15) is 12.2 Å². The third-order valence-corrected chi connectivity index (χ3v) is 3.48. The Bertz CT molecular complexity index is 507. The second-order valence-electron chi connectivity index (χ2n) is 6.93. The number of carbonyl (C=O) groups is 2. The third-order valence-electron chi connectivity index (χ3n) is 3.48. The average Bonchev–Trinajstić information content (AvgIpc) is 2.70. The molecule has 0 saturated heterocycles. The van der Waals surface area contributed by atoms with Crippen LogP contribution in [0.4, 0.5) is 0 Å². The lowest BCUT2D eigenvalue weighted by Gasteiger charge is -2.21. The lowest BCUT2D eigenvalue weighted by molar-refractivity contribution is -0.154. The first-order chi connectivity index (χ1) is 14.2. The van der Waals surface area contributed by atoms with Crippen LogP contribution in [0.3, 0.4) is 0 Å². The number of ether oxygens (including phenoxy) is 6. The molecule has 0 amide bonds. The fraction of sp³-hybridized carbons (Fsp3) is 0.714. The highest BCUT2D eigenvalue weighted by Crippen LogP contribution is 2.03. The molecule has 0 aromatic heterocycles. The molecule has 0 aliphatic heterocycles. The van der Waals surface area contributed by atoms with Crippen LogP contribution in [0.1, 0.15) is 27.7 Å². The van der Waals surface area contributed by atoms with Gasteiger partial charge in [-0.05, 0) is 27.7 Å². The van der Waals surface area contributed by atoms with Crippen molar-refractivity contribution in [2.45, 2.75) is 58.2 Å². The van der Waals surface area contributed by atoms with E-state index in [-0.39, 0.29) is 51.8 Å². The van der Waals surface area contributed by atoms with Crippen LogP contribution >= 0.6 is 0 Å². The fourth-order valence-corrected chi connectivity index (χ4v) is 2.04. The molecule has 9 heteroatoms. The maximum Gasteiger partial charge on any atom is 0.330 e. The fourth-order valence-electron chi connectivity index (χ4n) is 2.04. The minimum atomic E-state index is -0.626. The van der Waals surface area contributed by atoms with Crippen LogP contribution in [0.5, 0.6) is 0 Å². The Morgan fingerprint density at radius 1 is 0.733 bits per heavy atom. The normalized spacial score (nSPS) is 16.0. The number of hydrogen-bond donors (Lipinski definition) is 1. The highest BCUT2D eigenvalue weighted by Gasteiger charge is 2.16. The van der Waals surface area contributed by atoms with Gasteiger partial charge in [0, 0.05) is 12.2 Å². The van der Waals surface area contributed by atoms with E-state index in [0.717, 1.165) is 12.2 Å². The van der Waals surface area contributed by atoms with Crippen LogP contribution in [0.25, 0.3) is 0 Å². The summed E-state index contributed by atoms with van der Waals surface area (Å²) in [5, 5.41) is 9.22. The van der Waals surface area contributed by atoms with Gasteiger partial charge >= 0.3 is 11.9 Å². The zero-order valence-electron chi connectivity index (χ0n) is 18.4. The molecule has 5 unspecified atom stereocenters.